The molecule has 1 saturated heterocycles. The zero-order valence-electron chi connectivity index (χ0n) is 13.4. The van der Waals surface area contributed by atoms with Gasteiger partial charge in [-0.3, -0.25) is 19.6 Å². The first-order valence-electron chi connectivity index (χ1n) is 8.51. The zero-order chi connectivity index (χ0) is 16.3. The molecule has 1 aliphatic carbocycles. The van der Waals surface area contributed by atoms with Crippen LogP contribution in [-0.2, 0) is 15.1 Å². The molecule has 124 valence electrons. The summed E-state index contributed by atoms with van der Waals surface area (Å²) >= 11 is 0. The van der Waals surface area contributed by atoms with Gasteiger partial charge in [0.05, 0.1) is 11.9 Å². The molecule has 23 heavy (non-hydrogen) atoms. The van der Waals surface area contributed by atoms with Crippen LogP contribution in [0.4, 0.5) is 0 Å². The van der Waals surface area contributed by atoms with Crippen molar-refractivity contribution in [1.82, 2.24) is 14.9 Å². The fraction of sp³-hybridized carbons (Fsp3) is 0.647. The summed E-state index contributed by atoms with van der Waals surface area (Å²) in [5.41, 5.74) is 5.07. The number of carbonyl (C=O) groups excluding carboxylic acids is 2. The SMILES string of the molecule is NC(=O)[C@]1(c2cnccn2)CCCN1C(=O)CCC1CCCC1. The van der Waals surface area contributed by atoms with E-state index in [1.54, 1.807) is 23.5 Å². The normalized spacial score (nSPS) is 25.0. The van der Waals surface area contributed by atoms with Crippen molar-refractivity contribution in [3.05, 3.63) is 24.3 Å². The Morgan fingerprint density at radius 1 is 1.26 bits per heavy atom. The summed E-state index contributed by atoms with van der Waals surface area (Å²) in [5.74, 6) is 0.157. The van der Waals surface area contributed by atoms with E-state index in [0.717, 1.165) is 12.8 Å². The van der Waals surface area contributed by atoms with E-state index in [-0.39, 0.29) is 5.91 Å². The summed E-state index contributed by atoms with van der Waals surface area (Å²) in [4.78, 5) is 35.0. The smallest absolute Gasteiger partial charge is 0.249 e. The number of amides is 2. The number of likely N-dealkylation sites (tertiary alicyclic amines) is 1. The van der Waals surface area contributed by atoms with Gasteiger partial charge in [0.1, 0.15) is 0 Å². The fourth-order valence-electron chi connectivity index (χ4n) is 4.08. The van der Waals surface area contributed by atoms with Gasteiger partial charge in [-0.25, -0.2) is 0 Å². The Bertz CT molecular complexity index is 571. The maximum absolute atomic E-state index is 12.8. The van der Waals surface area contributed by atoms with Crippen molar-refractivity contribution in [3.8, 4) is 0 Å². The molecule has 6 heteroatoms. The lowest BCUT2D eigenvalue weighted by Gasteiger charge is -2.35. The van der Waals surface area contributed by atoms with Gasteiger partial charge in [0.15, 0.2) is 5.54 Å². The minimum atomic E-state index is -1.12. The molecular weight excluding hydrogens is 292 g/mol. The van der Waals surface area contributed by atoms with Crippen LogP contribution in [0, 0.1) is 5.92 Å². The summed E-state index contributed by atoms with van der Waals surface area (Å²) in [6, 6.07) is 0. The van der Waals surface area contributed by atoms with Gasteiger partial charge in [0.25, 0.3) is 0 Å². The van der Waals surface area contributed by atoms with E-state index in [1.807, 2.05) is 0 Å². The number of nitrogens with two attached hydrogens (primary N) is 1. The predicted molar refractivity (Wildman–Crippen MR) is 85.0 cm³/mol. The number of nitrogens with zero attached hydrogens (tertiary/aromatic N) is 3. The van der Waals surface area contributed by atoms with Gasteiger partial charge in [0, 0.05) is 25.4 Å². The van der Waals surface area contributed by atoms with Gasteiger partial charge in [-0.1, -0.05) is 25.7 Å². The average Bonchev–Trinajstić information content (AvgIpc) is 3.23. The molecule has 0 aromatic carbocycles. The summed E-state index contributed by atoms with van der Waals surface area (Å²) < 4.78 is 0. The maximum Gasteiger partial charge on any atom is 0.249 e. The Labute approximate surface area is 136 Å². The van der Waals surface area contributed by atoms with E-state index in [9.17, 15) is 9.59 Å². The third-order valence-electron chi connectivity index (χ3n) is 5.32. The number of carbonyl (C=O) groups is 2. The highest BCUT2D eigenvalue weighted by atomic mass is 16.2. The van der Waals surface area contributed by atoms with E-state index >= 15 is 0 Å². The van der Waals surface area contributed by atoms with Crippen LogP contribution in [0.15, 0.2) is 18.6 Å². The van der Waals surface area contributed by atoms with Crippen molar-refractivity contribution in [3.63, 3.8) is 0 Å². The quantitative estimate of drug-likeness (QED) is 0.896. The lowest BCUT2D eigenvalue weighted by Crippen LogP contribution is -2.54. The van der Waals surface area contributed by atoms with Crippen molar-refractivity contribution in [2.24, 2.45) is 11.7 Å². The molecule has 0 spiro atoms. The summed E-state index contributed by atoms with van der Waals surface area (Å²) in [5, 5.41) is 0. The van der Waals surface area contributed by atoms with E-state index in [2.05, 4.69) is 9.97 Å². The second kappa shape index (κ2) is 6.64. The van der Waals surface area contributed by atoms with Gasteiger partial charge < -0.3 is 10.6 Å². The molecule has 2 aliphatic rings. The number of primary amides is 1. The van der Waals surface area contributed by atoms with Crippen LogP contribution in [0.1, 0.15) is 57.1 Å². The Morgan fingerprint density at radius 3 is 2.70 bits per heavy atom. The molecular formula is C17H24N4O2. The molecule has 2 heterocycles. The molecule has 1 aromatic heterocycles. The highest BCUT2D eigenvalue weighted by molar-refractivity contribution is 5.91. The van der Waals surface area contributed by atoms with Crippen LogP contribution in [0.2, 0.25) is 0 Å². The van der Waals surface area contributed by atoms with Gasteiger partial charge in [-0.05, 0) is 25.2 Å². The van der Waals surface area contributed by atoms with Crippen LogP contribution in [0.3, 0.4) is 0 Å². The first-order chi connectivity index (χ1) is 11.1. The number of aromatic nitrogens is 2. The standard InChI is InChI=1S/C17H24N4O2/c18-16(23)17(14-12-19-9-10-20-14)8-3-11-21(17)15(22)7-6-13-4-1-2-5-13/h9-10,12-13H,1-8,11H2,(H2,18,23)/t17-/m1/s1. The zero-order valence-corrected chi connectivity index (χ0v) is 13.4. The van der Waals surface area contributed by atoms with Crippen LogP contribution in [0.25, 0.3) is 0 Å². The first-order valence-corrected chi connectivity index (χ1v) is 8.51. The van der Waals surface area contributed by atoms with Crippen LogP contribution in [0.5, 0.6) is 0 Å². The lowest BCUT2D eigenvalue weighted by molar-refractivity contribution is -0.144. The average molecular weight is 316 g/mol. The molecule has 0 radical (unpaired) electrons. The summed E-state index contributed by atoms with van der Waals surface area (Å²) in [6.07, 6.45) is 12.3. The Kier molecular flexibility index (Phi) is 4.59. The van der Waals surface area contributed by atoms with E-state index in [1.165, 1.54) is 25.7 Å². The van der Waals surface area contributed by atoms with E-state index < -0.39 is 11.4 Å². The number of hydrogen-bond acceptors (Lipinski definition) is 4. The topological polar surface area (TPSA) is 89.2 Å². The van der Waals surface area contributed by atoms with Gasteiger partial charge in [0.2, 0.25) is 11.8 Å². The van der Waals surface area contributed by atoms with Gasteiger partial charge in [-0.15, -0.1) is 0 Å². The van der Waals surface area contributed by atoms with E-state index in [4.69, 9.17) is 5.73 Å². The molecule has 1 aromatic rings. The fourth-order valence-corrected chi connectivity index (χ4v) is 4.08. The minimum Gasteiger partial charge on any atom is -0.367 e. The van der Waals surface area contributed by atoms with Gasteiger partial charge >= 0.3 is 0 Å². The maximum atomic E-state index is 12.8. The molecule has 1 atom stereocenters. The molecule has 6 nitrogen and oxygen atoms in total. The van der Waals surface area contributed by atoms with Crippen molar-refractivity contribution in [2.75, 3.05) is 6.54 Å². The van der Waals surface area contributed by atoms with Crippen LogP contribution < -0.4 is 5.73 Å². The number of rotatable bonds is 5. The molecule has 2 fully saturated rings. The molecule has 2 amide bonds. The van der Waals surface area contributed by atoms with E-state index in [0.29, 0.717) is 31.0 Å². The molecule has 0 bridgehead atoms. The minimum absolute atomic E-state index is 0.0128. The highest BCUT2D eigenvalue weighted by Gasteiger charge is 2.51. The second-order valence-corrected chi connectivity index (χ2v) is 6.65. The first kappa shape index (κ1) is 15.9. The third-order valence-corrected chi connectivity index (χ3v) is 5.32. The Balaban J connectivity index is 1.78. The summed E-state index contributed by atoms with van der Waals surface area (Å²) in [7, 11) is 0. The Hall–Kier alpha value is -1.98. The molecule has 2 N–H and O–H groups in total. The molecule has 0 unspecified atom stereocenters. The number of hydrogen-bond donors (Lipinski definition) is 1. The second-order valence-electron chi connectivity index (χ2n) is 6.65. The predicted octanol–water partition coefficient (Wildman–Crippen LogP) is 1.75. The lowest BCUT2D eigenvalue weighted by atomic mass is 9.90. The van der Waals surface area contributed by atoms with Crippen LogP contribution >= 0.6 is 0 Å². The molecule has 3 rings (SSSR count). The molecule has 1 aliphatic heterocycles. The van der Waals surface area contributed by atoms with Crippen molar-refractivity contribution in [1.29, 1.82) is 0 Å². The summed E-state index contributed by atoms with van der Waals surface area (Å²) in [6.45, 7) is 0.559. The highest BCUT2D eigenvalue weighted by Crippen LogP contribution is 2.38. The Morgan fingerprint density at radius 2 is 2.04 bits per heavy atom. The van der Waals surface area contributed by atoms with Gasteiger partial charge in [-0.2, -0.15) is 0 Å². The van der Waals surface area contributed by atoms with Crippen LogP contribution in [-0.4, -0.2) is 33.2 Å². The van der Waals surface area contributed by atoms with Crippen molar-refractivity contribution >= 4 is 11.8 Å². The molecule has 1 saturated carbocycles. The van der Waals surface area contributed by atoms with Crippen molar-refractivity contribution < 1.29 is 9.59 Å². The monoisotopic (exact) mass is 316 g/mol. The largest absolute Gasteiger partial charge is 0.367 e. The van der Waals surface area contributed by atoms with Crippen molar-refractivity contribution in [2.45, 2.75) is 56.9 Å². The third kappa shape index (κ3) is 2.94.